The summed E-state index contributed by atoms with van der Waals surface area (Å²) in [6.07, 6.45) is 1.16. The Morgan fingerprint density at radius 2 is 1.91 bits per heavy atom. The maximum atomic E-state index is 11.4. The molecule has 2 rings (SSSR count). The SMILES string of the molecule is Cc1ccc(NCCOc2ccc(S(C)(=O)=O)cc2)nc1C#N. The van der Waals surface area contributed by atoms with Gasteiger partial charge in [0.15, 0.2) is 9.84 Å². The van der Waals surface area contributed by atoms with Crippen LogP contribution in [0, 0.1) is 18.3 Å². The molecule has 1 aromatic heterocycles. The second-order valence-electron chi connectivity index (χ2n) is 4.99. The van der Waals surface area contributed by atoms with Gasteiger partial charge >= 0.3 is 0 Å². The standard InChI is InChI=1S/C16H17N3O3S/c1-12-3-8-16(19-15(12)11-17)18-9-10-22-13-4-6-14(7-5-13)23(2,20)21/h3-8H,9-10H2,1-2H3,(H,18,19). The number of pyridine rings is 1. The minimum atomic E-state index is -3.19. The molecule has 0 aliphatic carbocycles. The highest BCUT2D eigenvalue weighted by Crippen LogP contribution is 2.15. The number of nitriles is 1. The maximum Gasteiger partial charge on any atom is 0.175 e. The summed E-state index contributed by atoms with van der Waals surface area (Å²) >= 11 is 0. The molecular formula is C16H17N3O3S. The lowest BCUT2D eigenvalue weighted by atomic mass is 10.2. The molecule has 1 N–H and O–H groups in total. The van der Waals surface area contributed by atoms with Crippen molar-refractivity contribution < 1.29 is 13.2 Å². The third kappa shape index (κ3) is 4.69. The Morgan fingerprint density at radius 1 is 1.22 bits per heavy atom. The van der Waals surface area contributed by atoms with Gasteiger partial charge in [0.2, 0.25) is 0 Å². The zero-order valence-corrected chi connectivity index (χ0v) is 13.7. The average Bonchev–Trinajstić information content (AvgIpc) is 2.52. The van der Waals surface area contributed by atoms with Gasteiger partial charge in [-0.05, 0) is 42.8 Å². The fraction of sp³-hybridized carbons (Fsp3) is 0.250. The largest absolute Gasteiger partial charge is 0.492 e. The summed E-state index contributed by atoms with van der Waals surface area (Å²) in [5.41, 5.74) is 1.23. The van der Waals surface area contributed by atoms with Gasteiger partial charge in [0.05, 0.1) is 11.4 Å². The molecule has 0 saturated carbocycles. The van der Waals surface area contributed by atoms with Crippen LogP contribution >= 0.6 is 0 Å². The number of hydrogen-bond donors (Lipinski definition) is 1. The van der Waals surface area contributed by atoms with Crippen molar-refractivity contribution in [1.29, 1.82) is 5.26 Å². The van der Waals surface area contributed by atoms with E-state index in [1.54, 1.807) is 18.2 Å². The molecule has 0 radical (unpaired) electrons. The normalized spacial score (nSPS) is 10.8. The number of aromatic nitrogens is 1. The molecule has 0 amide bonds. The number of nitrogens with zero attached hydrogens (tertiary/aromatic N) is 2. The number of ether oxygens (including phenoxy) is 1. The Hall–Kier alpha value is -2.59. The number of sulfone groups is 1. The molecule has 0 aliphatic heterocycles. The van der Waals surface area contributed by atoms with E-state index in [2.05, 4.69) is 10.3 Å². The van der Waals surface area contributed by atoms with Crippen LogP contribution in [0.2, 0.25) is 0 Å². The Morgan fingerprint density at radius 3 is 2.52 bits per heavy atom. The van der Waals surface area contributed by atoms with Gasteiger partial charge in [-0.3, -0.25) is 0 Å². The predicted molar refractivity (Wildman–Crippen MR) is 87.2 cm³/mol. The summed E-state index contributed by atoms with van der Waals surface area (Å²) in [4.78, 5) is 4.44. The summed E-state index contributed by atoms with van der Waals surface area (Å²) in [7, 11) is -3.19. The van der Waals surface area contributed by atoms with Crippen molar-refractivity contribution in [2.75, 3.05) is 24.7 Å². The van der Waals surface area contributed by atoms with Crippen LogP contribution in [-0.4, -0.2) is 32.8 Å². The highest BCUT2D eigenvalue weighted by molar-refractivity contribution is 7.90. The summed E-state index contributed by atoms with van der Waals surface area (Å²) in [5, 5.41) is 12.0. The molecule has 0 saturated heterocycles. The van der Waals surface area contributed by atoms with Gasteiger partial charge < -0.3 is 10.1 Å². The highest BCUT2D eigenvalue weighted by atomic mass is 32.2. The van der Waals surface area contributed by atoms with E-state index < -0.39 is 9.84 Å². The van der Waals surface area contributed by atoms with Gasteiger partial charge in [-0.25, -0.2) is 13.4 Å². The Bertz CT molecular complexity index is 825. The minimum Gasteiger partial charge on any atom is -0.492 e. The van der Waals surface area contributed by atoms with Gasteiger partial charge in [0, 0.05) is 6.26 Å². The van der Waals surface area contributed by atoms with Crippen molar-refractivity contribution in [2.24, 2.45) is 0 Å². The Kier molecular flexibility index (Phi) is 5.19. The molecule has 2 aromatic rings. The average molecular weight is 331 g/mol. The number of anilines is 1. The molecule has 23 heavy (non-hydrogen) atoms. The Labute approximate surface area is 135 Å². The van der Waals surface area contributed by atoms with Crippen molar-refractivity contribution in [3.05, 3.63) is 47.7 Å². The van der Waals surface area contributed by atoms with Crippen molar-refractivity contribution in [1.82, 2.24) is 4.98 Å². The summed E-state index contributed by atoms with van der Waals surface area (Å²) < 4.78 is 28.2. The van der Waals surface area contributed by atoms with E-state index in [1.165, 1.54) is 12.1 Å². The number of benzene rings is 1. The summed E-state index contributed by atoms with van der Waals surface area (Å²) in [6.45, 7) is 2.73. The van der Waals surface area contributed by atoms with Crippen LogP contribution in [0.5, 0.6) is 5.75 Å². The number of nitrogens with one attached hydrogen (secondary N) is 1. The quantitative estimate of drug-likeness (QED) is 0.816. The zero-order valence-electron chi connectivity index (χ0n) is 12.9. The molecule has 7 heteroatoms. The molecule has 1 aromatic carbocycles. The van der Waals surface area contributed by atoms with Gasteiger partial charge in [-0.1, -0.05) is 6.07 Å². The molecule has 0 aliphatic rings. The molecule has 0 bridgehead atoms. The van der Waals surface area contributed by atoms with Crippen molar-refractivity contribution >= 4 is 15.7 Å². The molecule has 0 atom stereocenters. The van der Waals surface area contributed by atoms with Crippen LogP contribution < -0.4 is 10.1 Å². The van der Waals surface area contributed by atoms with Crippen LogP contribution in [0.1, 0.15) is 11.3 Å². The van der Waals surface area contributed by atoms with E-state index in [-0.39, 0.29) is 4.90 Å². The monoisotopic (exact) mass is 331 g/mol. The lowest BCUT2D eigenvalue weighted by Gasteiger charge is -2.09. The van der Waals surface area contributed by atoms with Gasteiger partial charge in [0.1, 0.15) is 29.9 Å². The molecule has 0 fully saturated rings. The molecule has 120 valence electrons. The highest BCUT2D eigenvalue weighted by Gasteiger charge is 2.06. The van der Waals surface area contributed by atoms with Crippen molar-refractivity contribution in [3.63, 3.8) is 0 Å². The third-order valence-corrected chi connectivity index (χ3v) is 4.26. The van der Waals surface area contributed by atoms with E-state index in [4.69, 9.17) is 10.00 Å². The lowest BCUT2D eigenvalue weighted by molar-refractivity contribution is 0.332. The number of aryl methyl sites for hydroxylation is 1. The molecule has 0 spiro atoms. The summed E-state index contributed by atoms with van der Waals surface area (Å²) in [5.74, 6) is 1.21. The van der Waals surface area contributed by atoms with Crippen LogP contribution in [0.25, 0.3) is 0 Å². The molecule has 1 heterocycles. The second kappa shape index (κ2) is 7.11. The summed E-state index contributed by atoms with van der Waals surface area (Å²) in [6, 6.07) is 11.9. The fourth-order valence-electron chi connectivity index (χ4n) is 1.87. The minimum absolute atomic E-state index is 0.260. The molecule has 0 unspecified atom stereocenters. The van der Waals surface area contributed by atoms with Gasteiger partial charge in [0.25, 0.3) is 0 Å². The Balaban J connectivity index is 1.85. The first-order chi connectivity index (χ1) is 10.9. The lowest BCUT2D eigenvalue weighted by Crippen LogP contribution is -2.12. The fourth-order valence-corrected chi connectivity index (χ4v) is 2.50. The van der Waals surface area contributed by atoms with Crippen LogP contribution in [0.4, 0.5) is 5.82 Å². The van der Waals surface area contributed by atoms with Crippen molar-refractivity contribution in [2.45, 2.75) is 11.8 Å². The third-order valence-electron chi connectivity index (χ3n) is 3.13. The molecule has 6 nitrogen and oxygen atoms in total. The number of hydrogen-bond acceptors (Lipinski definition) is 6. The molecular weight excluding hydrogens is 314 g/mol. The van der Waals surface area contributed by atoms with Gasteiger partial charge in [-0.15, -0.1) is 0 Å². The van der Waals surface area contributed by atoms with Crippen LogP contribution in [0.15, 0.2) is 41.3 Å². The van der Waals surface area contributed by atoms with E-state index in [1.807, 2.05) is 19.1 Å². The van der Waals surface area contributed by atoms with Crippen LogP contribution in [0.3, 0.4) is 0 Å². The zero-order chi connectivity index (χ0) is 16.9. The first-order valence-electron chi connectivity index (χ1n) is 6.94. The predicted octanol–water partition coefficient (Wildman–Crippen LogP) is 2.16. The van der Waals surface area contributed by atoms with E-state index in [0.29, 0.717) is 30.4 Å². The van der Waals surface area contributed by atoms with Crippen molar-refractivity contribution in [3.8, 4) is 11.8 Å². The number of rotatable bonds is 6. The first kappa shape index (κ1) is 16.8. The second-order valence-corrected chi connectivity index (χ2v) is 7.01. The van der Waals surface area contributed by atoms with E-state index >= 15 is 0 Å². The van der Waals surface area contributed by atoms with E-state index in [9.17, 15) is 8.42 Å². The van der Waals surface area contributed by atoms with E-state index in [0.717, 1.165) is 11.8 Å². The first-order valence-corrected chi connectivity index (χ1v) is 8.84. The maximum absolute atomic E-state index is 11.4. The van der Waals surface area contributed by atoms with Gasteiger partial charge in [-0.2, -0.15) is 5.26 Å². The topological polar surface area (TPSA) is 92.1 Å². The smallest absolute Gasteiger partial charge is 0.175 e. The van der Waals surface area contributed by atoms with Crippen LogP contribution in [-0.2, 0) is 9.84 Å².